The number of benzene rings is 1. The van der Waals surface area contributed by atoms with Gasteiger partial charge in [-0.25, -0.2) is 8.42 Å². The number of hydrogen-bond acceptors (Lipinski definition) is 4. The Bertz CT molecular complexity index is 528. The summed E-state index contributed by atoms with van der Waals surface area (Å²) in [6.45, 7) is 1.44. The Hall–Kier alpha value is -0.660. The zero-order valence-electron chi connectivity index (χ0n) is 7.40. The van der Waals surface area contributed by atoms with Crippen LogP contribution in [-0.2, 0) is 9.05 Å². The van der Waals surface area contributed by atoms with Gasteiger partial charge < -0.3 is 0 Å². The highest BCUT2D eigenvalue weighted by Crippen LogP contribution is 2.31. The molecule has 0 amide bonds. The second kappa shape index (κ2) is 4.07. The van der Waals surface area contributed by atoms with Crippen LogP contribution in [0.2, 0.25) is 0 Å². The number of nitrogens with zero attached hydrogens (tertiary/aromatic N) is 1. The Labute approximate surface area is 98.7 Å². The lowest BCUT2D eigenvalue weighted by atomic mass is 10.2. The van der Waals surface area contributed by atoms with Gasteiger partial charge in [0.15, 0.2) is 0 Å². The van der Waals surface area contributed by atoms with Crippen molar-refractivity contribution in [3.63, 3.8) is 0 Å². The minimum atomic E-state index is -3.90. The first-order valence-corrected chi connectivity index (χ1v) is 6.73. The predicted octanol–water partition coefficient (Wildman–Crippen LogP) is 2.59. The Morgan fingerprint density at radius 1 is 1.47 bits per heavy atom. The van der Waals surface area contributed by atoms with E-state index in [9.17, 15) is 18.5 Å². The standard InChI is InChI=1S/C7H5BrClNO4S/c1-4-2-7(15(9,13)14)5(8)3-6(4)10(11)12/h2-3H,1H3. The molecular formula is C7H5BrClNO4S. The van der Waals surface area contributed by atoms with Gasteiger partial charge in [-0.2, -0.15) is 0 Å². The van der Waals surface area contributed by atoms with E-state index in [0.29, 0.717) is 0 Å². The second-order valence-corrected chi connectivity index (χ2v) is 6.15. The highest BCUT2D eigenvalue weighted by molar-refractivity contribution is 9.10. The quantitative estimate of drug-likeness (QED) is 0.477. The molecule has 0 unspecified atom stereocenters. The van der Waals surface area contributed by atoms with Crippen LogP contribution in [0.1, 0.15) is 5.56 Å². The molecule has 0 N–H and O–H groups in total. The van der Waals surface area contributed by atoms with Crippen LogP contribution in [-0.4, -0.2) is 13.3 Å². The summed E-state index contributed by atoms with van der Waals surface area (Å²) in [5.74, 6) is 0. The first kappa shape index (κ1) is 12.4. The molecule has 0 atom stereocenters. The maximum absolute atomic E-state index is 11.1. The van der Waals surface area contributed by atoms with Gasteiger partial charge in [-0.15, -0.1) is 0 Å². The lowest BCUT2D eigenvalue weighted by Crippen LogP contribution is -1.97. The lowest BCUT2D eigenvalue weighted by Gasteiger charge is -2.02. The summed E-state index contributed by atoms with van der Waals surface area (Å²) in [6.07, 6.45) is 0. The van der Waals surface area contributed by atoms with Gasteiger partial charge in [0, 0.05) is 26.8 Å². The maximum Gasteiger partial charge on any atom is 0.273 e. The molecule has 0 aliphatic carbocycles. The zero-order chi connectivity index (χ0) is 11.8. The van der Waals surface area contributed by atoms with Gasteiger partial charge in [0.2, 0.25) is 0 Å². The summed E-state index contributed by atoms with van der Waals surface area (Å²) in [5.41, 5.74) is 0.0772. The third-order valence-corrected chi connectivity index (χ3v) is 3.99. The summed E-state index contributed by atoms with van der Waals surface area (Å²) < 4.78 is 22.2. The smallest absolute Gasteiger partial charge is 0.258 e. The third-order valence-electron chi connectivity index (χ3n) is 1.71. The van der Waals surface area contributed by atoms with Crippen molar-refractivity contribution in [2.24, 2.45) is 0 Å². The minimum absolute atomic E-state index is 0.0785. The summed E-state index contributed by atoms with van der Waals surface area (Å²) in [6, 6.07) is 2.27. The molecule has 0 aromatic heterocycles. The van der Waals surface area contributed by atoms with E-state index in [-0.39, 0.29) is 20.6 Å². The van der Waals surface area contributed by atoms with Crippen molar-refractivity contribution in [1.29, 1.82) is 0 Å². The van der Waals surface area contributed by atoms with Gasteiger partial charge in [0.1, 0.15) is 0 Å². The molecule has 15 heavy (non-hydrogen) atoms. The minimum Gasteiger partial charge on any atom is -0.258 e. The van der Waals surface area contributed by atoms with Crippen LogP contribution >= 0.6 is 26.6 Å². The van der Waals surface area contributed by atoms with Gasteiger partial charge in [-0.1, -0.05) is 0 Å². The van der Waals surface area contributed by atoms with Crippen LogP contribution in [0.5, 0.6) is 0 Å². The molecule has 0 bridgehead atoms. The number of halogens is 2. The number of aryl methyl sites for hydroxylation is 1. The summed E-state index contributed by atoms with van der Waals surface area (Å²) in [7, 11) is 1.24. The third kappa shape index (κ3) is 2.67. The van der Waals surface area contributed by atoms with Crippen molar-refractivity contribution in [3.05, 3.63) is 32.3 Å². The number of rotatable bonds is 2. The van der Waals surface area contributed by atoms with Gasteiger partial charge >= 0.3 is 0 Å². The average Bonchev–Trinajstić information content (AvgIpc) is 2.06. The Morgan fingerprint density at radius 2 is 2.00 bits per heavy atom. The molecule has 1 aromatic rings. The molecule has 8 heteroatoms. The van der Waals surface area contributed by atoms with Gasteiger partial charge in [0.05, 0.1) is 9.82 Å². The van der Waals surface area contributed by atoms with Crippen molar-refractivity contribution < 1.29 is 13.3 Å². The average molecular weight is 315 g/mol. The van der Waals surface area contributed by atoms with Crippen LogP contribution in [0.15, 0.2) is 21.5 Å². The summed E-state index contributed by atoms with van der Waals surface area (Å²) >= 11 is 2.92. The molecule has 0 radical (unpaired) electrons. The lowest BCUT2D eigenvalue weighted by molar-refractivity contribution is -0.385. The molecule has 82 valence electrons. The highest BCUT2D eigenvalue weighted by Gasteiger charge is 2.20. The Kier molecular flexibility index (Phi) is 3.37. The van der Waals surface area contributed by atoms with Crippen LogP contribution < -0.4 is 0 Å². The molecule has 5 nitrogen and oxygen atoms in total. The fourth-order valence-corrected chi connectivity index (χ4v) is 3.27. The molecule has 0 fully saturated rings. The molecule has 0 saturated carbocycles. The normalized spacial score (nSPS) is 11.4. The molecular weight excluding hydrogens is 310 g/mol. The van der Waals surface area contributed by atoms with Gasteiger partial charge in [0.25, 0.3) is 14.7 Å². The van der Waals surface area contributed by atoms with E-state index in [1.807, 2.05) is 0 Å². The molecule has 1 rings (SSSR count). The molecule has 0 heterocycles. The van der Waals surface area contributed by atoms with Crippen molar-refractivity contribution in [2.75, 3.05) is 0 Å². The molecule has 0 spiro atoms. The maximum atomic E-state index is 11.1. The van der Waals surface area contributed by atoms with Crippen molar-refractivity contribution in [2.45, 2.75) is 11.8 Å². The van der Waals surface area contributed by atoms with E-state index in [1.54, 1.807) is 0 Å². The molecule has 1 aromatic carbocycles. The Morgan fingerprint density at radius 3 is 2.40 bits per heavy atom. The topological polar surface area (TPSA) is 77.3 Å². The van der Waals surface area contributed by atoms with E-state index in [0.717, 1.165) is 12.1 Å². The van der Waals surface area contributed by atoms with Crippen LogP contribution in [0.25, 0.3) is 0 Å². The second-order valence-electron chi connectivity index (χ2n) is 2.76. The number of hydrogen-bond donors (Lipinski definition) is 0. The largest absolute Gasteiger partial charge is 0.273 e. The van der Waals surface area contributed by atoms with E-state index in [1.165, 1.54) is 6.92 Å². The van der Waals surface area contributed by atoms with Gasteiger partial charge in [-0.05, 0) is 28.9 Å². The zero-order valence-corrected chi connectivity index (χ0v) is 10.6. The molecule has 0 aliphatic rings. The van der Waals surface area contributed by atoms with Crippen molar-refractivity contribution >= 4 is 41.4 Å². The summed E-state index contributed by atoms with van der Waals surface area (Å²) in [5, 5.41) is 10.5. The SMILES string of the molecule is Cc1cc(S(=O)(=O)Cl)c(Br)cc1[N+](=O)[O-]. The van der Waals surface area contributed by atoms with Crippen LogP contribution in [0, 0.1) is 17.0 Å². The van der Waals surface area contributed by atoms with Crippen LogP contribution in [0.3, 0.4) is 0 Å². The fraction of sp³-hybridized carbons (Fsp3) is 0.143. The summed E-state index contributed by atoms with van der Waals surface area (Å²) in [4.78, 5) is 9.77. The number of nitro benzene ring substituents is 1. The van der Waals surface area contributed by atoms with E-state index in [2.05, 4.69) is 15.9 Å². The highest BCUT2D eigenvalue weighted by atomic mass is 79.9. The van der Waals surface area contributed by atoms with E-state index >= 15 is 0 Å². The fourth-order valence-electron chi connectivity index (χ4n) is 1.03. The van der Waals surface area contributed by atoms with E-state index < -0.39 is 14.0 Å². The van der Waals surface area contributed by atoms with Gasteiger partial charge in [-0.3, -0.25) is 10.1 Å². The Balaban J connectivity index is 3.52. The van der Waals surface area contributed by atoms with Crippen molar-refractivity contribution in [1.82, 2.24) is 0 Å². The molecule has 0 aliphatic heterocycles. The van der Waals surface area contributed by atoms with Crippen LogP contribution in [0.4, 0.5) is 5.69 Å². The number of nitro groups is 1. The van der Waals surface area contributed by atoms with Crippen molar-refractivity contribution in [3.8, 4) is 0 Å². The first-order valence-electron chi connectivity index (χ1n) is 3.62. The first-order chi connectivity index (χ1) is 6.73. The van der Waals surface area contributed by atoms with E-state index in [4.69, 9.17) is 10.7 Å². The predicted molar refractivity (Wildman–Crippen MR) is 58.6 cm³/mol. The molecule has 0 saturated heterocycles. The monoisotopic (exact) mass is 313 g/mol.